The van der Waals surface area contributed by atoms with Gasteiger partial charge in [-0.15, -0.1) is 0 Å². The quantitative estimate of drug-likeness (QED) is 0.812. The fourth-order valence-electron chi connectivity index (χ4n) is 2.69. The number of aromatic nitrogens is 2. The van der Waals surface area contributed by atoms with Gasteiger partial charge in [-0.3, -0.25) is 14.7 Å². The van der Waals surface area contributed by atoms with Crippen molar-refractivity contribution >= 4 is 11.7 Å². The number of amides is 1. The number of carbonyl (C=O) groups excluding carboxylic acids is 2. The van der Waals surface area contributed by atoms with Gasteiger partial charge in [0.05, 0.1) is 18.3 Å². The first-order chi connectivity index (χ1) is 12.0. The van der Waals surface area contributed by atoms with Crippen LogP contribution in [0, 0.1) is 0 Å². The summed E-state index contributed by atoms with van der Waals surface area (Å²) in [4.78, 5) is 25.5. The second-order valence-electron chi connectivity index (χ2n) is 6.08. The van der Waals surface area contributed by atoms with E-state index in [1.807, 2.05) is 0 Å². The number of carbonyl (C=O) groups is 2. The molecule has 3 rings (SSSR count). The molecule has 25 heavy (non-hydrogen) atoms. The van der Waals surface area contributed by atoms with E-state index in [1.54, 1.807) is 42.3 Å². The summed E-state index contributed by atoms with van der Waals surface area (Å²) in [6.45, 7) is 2.99. The van der Waals surface area contributed by atoms with Crippen LogP contribution in [-0.2, 0) is 11.3 Å². The molecule has 1 aromatic carbocycles. The molecule has 2 heterocycles. The average Bonchev–Trinajstić information content (AvgIpc) is 3.30. The Labute approximate surface area is 145 Å². The molecule has 1 fully saturated rings. The Bertz CT molecular complexity index is 765. The van der Waals surface area contributed by atoms with Gasteiger partial charge in [0.25, 0.3) is 5.91 Å². The van der Waals surface area contributed by atoms with E-state index >= 15 is 0 Å². The van der Waals surface area contributed by atoms with Crippen LogP contribution in [0.3, 0.4) is 0 Å². The van der Waals surface area contributed by atoms with Crippen LogP contribution in [0.15, 0.2) is 30.3 Å². The summed E-state index contributed by atoms with van der Waals surface area (Å²) in [7, 11) is 1.76. The second kappa shape index (κ2) is 7.48. The summed E-state index contributed by atoms with van der Waals surface area (Å²) in [6.07, 6.45) is 0.842. The Morgan fingerprint density at radius 3 is 2.96 bits per heavy atom. The normalized spacial score (nSPS) is 16.6. The molecule has 0 bridgehead atoms. The summed E-state index contributed by atoms with van der Waals surface area (Å²) in [5, 5.41) is 6.89. The molecule has 1 unspecified atom stereocenters. The third-order valence-corrected chi connectivity index (χ3v) is 4.26. The molecule has 0 spiro atoms. The lowest BCUT2D eigenvalue weighted by Crippen LogP contribution is -2.37. The van der Waals surface area contributed by atoms with Gasteiger partial charge in [0.2, 0.25) is 0 Å². The average molecular weight is 343 g/mol. The SMILES string of the molecule is CC(=O)c1cccc(OCc2cc(C(=O)N(C)C3CCOC3)n[nH]2)c1. The van der Waals surface area contributed by atoms with Crippen LogP contribution in [0.1, 0.15) is 39.9 Å². The molecule has 132 valence electrons. The highest BCUT2D eigenvalue weighted by Gasteiger charge is 2.26. The second-order valence-corrected chi connectivity index (χ2v) is 6.08. The van der Waals surface area contributed by atoms with Crippen LogP contribution in [0.2, 0.25) is 0 Å². The number of likely N-dealkylation sites (N-methyl/N-ethyl adjacent to an activating group) is 1. The Hall–Kier alpha value is -2.67. The number of nitrogens with one attached hydrogen (secondary N) is 1. The van der Waals surface area contributed by atoms with Gasteiger partial charge in [0.1, 0.15) is 12.4 Å². The highest BCUT2D eigenvalue weighted by Crippen LogP contribution is 2.17. The van der Waals surface area contributed by atoms with E-state index in [0.29, 0.717) is 35.9 Å². The lowest BCUT2D eigenvalue weighted by Gasteiger charge is -2.21. The standard InChI is InChI=1S/C18H21N3O4/c1-12(22)13-4-3-5-16(8-13)25-10-14-9-17(20-19-14)18(23)21(2)15-6-7-24-11-15/h3-5,8-9,15H,6-7,10-11H2,1-2H3,(H,19,20). The van der Waals surface area contributed by atoms with Gasteiger partial charge in [-0.25, -0.2) is 0 Å². The van der Waals surface area contributed by atoms with Crippen LogP contribution in [0.4, 0.5) is 0 Å². The number of ketones is 1. The Morgan fingerprint density at radius 1 is 1.40 bits per heavy atom. The van der Waals surface area contributed by atoms with Crippen molar-refractivity contribution in [1.29, 1.82) is 0 Å². The van der Waals surface area contributed by atoms with Gasteiger partial charge in [0, 0.05) is 19.2 Å². The van der Waals surface area contributed by atoms with E-state index in [0.717, 1.165) is 6.42 Å². The number of Topliss-reactive ketones (excluding diaryl/α,β-unsaturated/α-hetero) is 1. The van der Waals surface area contributed by atoms with Gasteiger partial charge >= 0.3 is 0 Å². The largest absolute Gasteiger partial charge is 0.487 e. The first-order valence-electron chi connectivity index (χ1n) is 8.17. The molecular weight excluding hydrogens is 322 g/mol. The molecule has 0 saturated carbocycles. The van der Waals surface area contributed by atoms with Crippen LogP contribution >= 0.6 is 0 Å². The van der Waals surface area contributed by atoms with Gasteiger partial charge in [0.15, 0.2) is 11.5 Å². The van der Waals surface area contributed by atoms with Crippen LogP contribution in [0.25, 0.3) is 0 Å². The number of hydrogen-bond acceptors (Lipinski definition) is 5. The third-order valence-electron chi connectivity index (χ3n) is 4.26. The summed E-state index contributed by atoms with van der Waals surface area (Å²) >= 11 is 0. The van der Waals surface area contributed by atoms with Gasteiger partial charge < -0.3 is 14.4 Å². The van der Waals surface area contributed by atoms with Crippen molar-refractivity contribution in [3.05, 3.63) is 47.3 Å². The summed E-state index contributed by atoms with van der Waals surface area (Å²) in [5.74, 6) is 0.436. The Morgan fingerprint density at radius 2 is 2.24 bits per heavy atom. The zero-order valence-corrected chi connectivity index (χ0v) is 14.3. The van der Waals surface area contributed by atoms with E-state index in [1.165, 1.54) is 6.92 Å². The maximum absolute atomic E-state index is 12.4. The predicted molar refractivity (Wildman–Crippen MR) is 90.7 cm³/mol. The number of benzene rings is 1. The summed E-state index contributed by atoms with van der Waals surface area (Å²) < 4.78 is 11.0. The first kappa shape index (κ1) is 17.2. The van der Waals surface area contributed by atoms with Crippen LogP contribution in [0.5, 0.6) is 5.75 Å². The molecule has 1 aromatic heterocycles. The number of nitrogens with zero attached hydrogens (tertiary/aromatic N) is 2. The minimum atomic E-state index is -0.142. The molecule has 1 amide bonds. The Balaban J connectivity index is 1.60. The highest BCUT2D eigenvalue weighted by molar-refractivity contribution is 5.94. The molecule has 0 radical (unpaired) electrons. The van der Waals surface area contributed by atoms with Gasteiger partial charge in [-0.05, 0) is 31.5 Å². The van der Waals surface area contributed by atoms with Crippen molar-refractivity contribution < 1.29 is 19.1 Å². The van der Waals surface area contributed by atoms with E-state index in [9.17, 15) is 9.59 Å². The fourth-order valence-corrected chi connectivity index (χ4v) is 2.69. The monoisotopic (exact) mass is 343 g/mol. The molecule has 1 N–H and O–H groups in total. The molecule has 1 atom stereocenters. The van der Waals surface area contributed by atoms with Gasteiger partial charge in [-0.1, -0.05) is 12.1 Å². The molecular formula is C18H21N3O4. The number of hydrogen-bond donors (Lipinski definition) is 1. The van der Waals surface area contributed by atoms with Crippen LogP contribution in [-0.4, -0.2) is 53.1 Å². The fraction of sp³-hybridized carbons (Fsp3) is 0.389. The maximum Gasteiger partial charge on any atom is 0.274 e. The van der Waals surface area contributed by atoms with Gasteiger partial charge in [-0.2, -0.15) is 5.10 Å². The van der Waals surface area contributed by atoms with Crippen LogP contribution < -0.4 is 4.74 Å². The molecule has 1 aliphatic heterocycles. The number of H-pyrrole nitrogens is 1. The van der Waals surface area contributed by atoms with Crippen molar-refractivity contribution in [2.45, 2.75) is 26.0 Å². The Kier molecular flexibility index (Phi) is 5.14. The summed E-state index contributed by atoms with van der Waals surface area (Å²) in [5.41, 5.74) is 1.64. The minimum absolute atomic E-state index is 0.0150. The zero-order valence-electron chi connectivity index (χ0n) is 14.3. The molecule has 2 aromatic rings. The van der Waals surface area contributed by atoms with E-state index < -0.39 is 0 Å². The highest BCUT2D eigenvalue weighted by atomic mass is 16.5. The number of aromatic amines is 1. The van der Waals surface area contributed by atoms with Crippen molar-refractivity contribution in [3.63, 3.8) is 0 Å². The minimum Gasteiger partial charge on any atom is -0.487 e. The maximum atomic E-state index is 12.4. The van der Waals surface area contributed by atoms with E-state index in [2.05, 4.69) is 10.2 Å². The summed E-state index contributed by atoms with van der Waals surface area (Å²) in [6, 6.07) is 8.76. The third kappa shape index (κ3) is 4.06. The van der Waals surface area contributed by atoms with Crippen molar-refractivity contribution in [2.24, 2.45) is 0 Å². The predicted octanol–water partition coefficient (Wildman–Crippen LogP) is 2.05. The number of rotatable bonds is 6. The van der Waals surface area contributed by atoms with E-state index in [4.69, 9.17) is 9.47 Å². The first-order valence-corrected chi connectivity index (χ1v) is 8.17. The zero-order chi connectivity index (χ0) is 17.8. The van der Waals surface area contributed by atoms with E-state index in [-0.39, 0.29) is 24.3 Å². The lowest BCUT2D eigenvalue weighted by molar-refractivity contribution is 0.0705. The smallest absolute Gasteiger partial charge is 0.274 e. The van der Waals surface area contributed by atoms with Crippen molar-refractivity contribution in [1.82, 2.24) is 15.1 Å². The molecule has 7 heteroatoms. The molecule has 0 aliphatic carbocycles. The molecule has 1 saturated heterocycles. The topological polar surface area (TPSA) is 84.5 Å². The van der Waals surface area contributed by atoms with Crippen molar-refractivity contribution in [3.8, 4) is 5.75 Å². The molecule has 1 aliphatic rings. The van der Waals surface area contributed by atoms with Crippen molar-refractivity contribution in [2.75, 3.05) is 20.3 Å². The lowest BCUT2D eigenvalue weighted by atomic mass is 10.1. The number of ether oxygens (including phenoxy) is 2. The molecule has 7 nitrogen and oxygen atoms in total.